The van der Waals surface area contributed by atoms with Gasteiger partial charge >= 0.3 is 0 Å². The molecule has 0 aromatic carbocycles. The van der Waals surface area contributed by atoms with E-state index in [0.29, 0.717) is 28.6 Å². The van der Waals surface area contributed by atoms with E-state index in [2.05, 4.69) is 15.3 Å². The largest absolute Gasteiger partial charge is 0.463 e. The predicted molar refractivity (Wildman–Crippen MR) is 75.2 cm³/mol. The molecule has 0 aliphatic heterocycles. The number of carbonyl (C=O) groups excluding carboxylic acids is 1. The van der Waals surface area contributed by atoms with Gasteiger partial charge in [0.2, 0.25) is 0 Å². The minimum atomic E-state index is -0.115. The van der Waals surface area contributed by atoms with Gasteiger partial charge in [0.1, 0.15) is 5.69 Å². The molecule has 0 saturated carbocycles. The summed E-state index contributed by atoms with van der Waals surface area (Å²) in [4.78, 5) is 21.1. The molecule has 20 heavy (non-hydrogen) atoms. The Kier molecular flexibility index (Phi) is 3.56. The predicted octanol–water partition coefficient (Wildman–Crippen LogP) is 2.73. The van der Waals surface area contributed by atoms with Crippen LogP contribution in [0, 0.1) is 0 Å². The summed E-state index contributed by atoms with van der Waals surface area (Å²) in [6.07, 6.45) is 4.78. The van der Waals surface area contributed by atoms with E-state index in [4.69, 9.17) is 4.42 Å². The lowest BCUT2D eigenvalue weighted by Gasteiger charge is -2.06. The molecular formula is C14H11N3O2S. The highest BCUT2D eigenvalue weighted by Gasteiger charge is 2.12. The van der Waals surface area contributed by atoms with E-state index >= 15 is 0 Å². The maximum atomic E-state index is 11.9. The summed E-state index contributed by atoms with van der Waals surface area (Å²) >= 11 is 1.40. The van der Waals surface area contributed by atoms with Gasteiger partial charge in [0, 0.05) is 12.4 Å². The molecule has 3 heterocycles. The van der Waals surface area contributed by atoms with Gasteiger partial charge in [-0.05, 0) is 23.6 Å². The minimum Gasteiger partial charge on any atom is -0.463 e. The second-order valence-corrected chi connectivity index (χ2v) is 4.94. The fourth-order valence-electron chi connectivity index (χ4n) is 1.77. The smallest absolute Gasteiger partial charge is 0.261 e. The van der Waals surface area contributed by atoms with Gasteiger partial charge < -0.3 is 9.73 Å². The first kappa shape index (κ1) is 12.6. The Morgan fingerprint density at radius 1 is 1.25 bits per heavy atom. The lowest BCUT2D eigenvalue weighted by Crippen LogP contribution is -2.22. The van der Waals surface area contributed by atoms with E-state index < -0.39 is 0 Å². The van der Waals surface area contributed by atoms with Gasteiger partial charge in [0.15, 0.2) is 5.76 Å². The summed E-state index contributed by atoms with van der Waals surface area (Å²) in [7, 11) is 0. The van der Waals surface area contributed by atoms with Crippen LogP contribution in [0.1, 0.15) is 15.4 Å². The Morgan fingerprint density at radius 2 is 2.15 bits per heavy atom. The van der Waals surface area contributed by atoms with Crippen LogP contribution in [0.2, 0.25) is 0 Å². The molecule has 0 saturated heterocycles. The van der Waals surface area contributed by atoms with Crippen LogP contribution in [0.25, 0.3) is 11.5 Å². The molecule has 3 rings (SSSR count). The first-order valence-corrected chi connectivity index (χ1v) is 6.88. The standard InChI is InChI=1S/C14H11N3O2S/c18-14(12-4-2-8-20-12)17-9-10-13(16-6-5-15-10)11-3-1-7-19-11/h1-8H,9H2,(H,17,18). The minimum absolute atomic E-state index is 0.115. The first-order valence-electron chi connectivity index (χ1n) is 6.00. The number of thiophene rings is 1. The SMILES string of the molecule is O=C(NCc1nccnc1-c1ccco1)c1cccs1. The molecular weight excluding hydrogens is 274 g/mol. The van der Waals surface area contributed by atoms with E-state index in [9.17, 15) is 4.79 Å². The summed E-state index contributed by atoms with van der Waals surface area (Å²) in [5, 5.41) is 4.70. The maximum Gasteiger partial charge on any atom is 0.261 e. The van der Waals surface area contributed by atoms with Crippen LogP contribution in [-0.2, 0) is 6.54 Å². The molecule has 0 spiro atoms. The van der Waals surface area contributed by atoms with Gasteiger partial charge in [0.05, 0.1) is 23.4 Å². The van der Waals surface area contributed by atoms with Gasteiger partial charge in [0.25, 0.3) is 5.91 Å². The second-order valence-electron chi connectivity index (χ2n) is 3.99. The van der Waals surface area contributed by atoms with Gasteiger partial charge in [-0.3, -0.25) is 9.78 Å². The third-order valence-corrected chi connectivity index (χ3v) is 3.56. The zero-order valence-corrected chi connectivity index (χ0v) is 11.3. The fourth-order valence-corrected chi connectivity index (χ4v) is 2.41. The third-order valence-electron chi connectivity index (χ3n) is 2.69. The molecule has 0 atom stereocenters. The van der Waals surface area contributed by atoms with Crippen LogP contribution >= 0.6 is 11.3 Å². The van der Waals surface area contributed by atoms with Crippen molar-refractivity contribution in [1.29, 1.82) is 0 Å². The number of hydrogen-bond acceptors (Lipinski definition) is 5. The Hall–Kier alpha value is -2.47. The number of amides is 1. The first-order chi connectivity index (χ1) is 9.84. The van der Waals surface area contributed by atoms with E-state index in [-0.39, 0.29) is 5.91 Å². The highest BCUT2D eigenvalue weighted by Crippen LogP contribution is 2.20. The lowest BCUT2D eigenvalue weighted by atomic mass is 10.2. The van der Waals surface area contributed by atoms with Crippen molar-refractivity contribution < 1.29 is 9.21 Å². The van der Waals surface area contributed by atoms with Crippen molar-refractivity contribution >= 4 is 17.2 Å². The number of rotatable bonds is 4. The summed E-state index contributed by atoms with van der Waals surface area (Å²) in [6, 6.07) is 7.23. The van der Waals surface area contributed by atoms with Crippen molar-refractivity contribution in [2.75, 3.05) is 0 Å². The maximum absolute atomic E-state index is 11.9. The Balaban J connectivity index is 1.77. The molecule has 0 aliphatic carbocycles. The Morgan fingerprint density at radius 3 is 2.90 bits per heavy atom. The van der Waals surface area contributed by atoms with Crippen LogP contribution in [0.3, 0.4) is 0 Å². The van der Waals surface area contributed by atoms with Crippen LogP contribution in [0.5, 0.6) is 0 Å². The fraction of sp³-hybridized carbons (Fsp3) is 0.0714. The molecule has 3 aromatic heterocycles. The van der Waals surface area contributed by atoms with Crippen molar-refractivity contribution in [3.63, 3.8) is 0 Å². The van der Waals surface area contributed by atoms with Gasteiger partial charge in [-0.15, -0.1) is 11.3 Å². The normalized spacial score (nSPS) is 10.4. The lowest BCUT2D eigenvalue weighted by molar-refractivity contribution is 0.0954. The highest BCUT2D eigenvalue weighted by molar-refractivity contribution is 7.12. The van der Waals surface area contributed by atoms with E-state index in [0.717, 1.165) is 0 Å². The number of nitrogens with zero attached hydrogens (tertiary/aromatic N) is 2. The summed E-state index contributed by atoms with van der Waals surface area (Å²) in [5.74, 6) is 0.523. The average Bonchev–Trinajstić information content (AvgIpc) is 3.17. The molecule has 3 aromatic rings. The topological polar surface area (TPSA) is 68.0 Å². The molecule has 0 fully saturated rings. The molecule has 0 radical (unpaired) electrons. The summed E-state index contributed by atoms with van der Waals surface area (Å²) < 4.78 is 5.33. The Bertz CT molecular complexity index is 693. The van der Waals surface area contributed by atoms with E-state index in [1.54, 1.807) is 30.8 Å². The number of aromatic nitrogens is 2. The van der Waals surface area contributed by atoms with E-state index in [1.165, 1.54) is 11.3 Å². The number of carbonyl (C=O) groups is 1. The molecule has 100 valence electrons. The Labute approximate surface area is 119 Å². The molecule has 0 unspecified atom stereocenters. The summed E-state index contributed by atoms with van der Waals surface area (Å²) in [6.45, 7) is 0.306. The number of furan rings is 1. The number of nitrogens with one attached hydrogen (secondary N) is 1. The third kappa shape index (κ3) is 2.60. The zero-order chi connectivity index (χ0) is 13.8. The molecule has 5 nitrogen and oxygen atoms in total. The van der Waals surface area contributed by atoms with Crippen LogP contribution in [-0.4, -0.2) is 15.9 Å². The van der Waals surface area contributed by atoms with Crippen molar-refractivity contribution in [3.05, 3.63) is 58.9 Å². The van der Waals surface area contributed by atoms with Gasteiger partial charge in [-0.25, -0.2) is 4.98 Å². The number of hydrogen-bond donors (Lipinski definition) is 1. The van der Waals surface area contributed by atoms with Crippen molar-refractivity contribution in [1.82, 2.24) is 15.3 Å². The molecule has 0 aliphatic rings. The van der Waals surface area contributed by atoms with E-state index in [1.807, 2.05) is 17.5 Å². The molecule has 1 N–H and O–H groups in total. The van der Waals surface area contributed by atoms with Crippen molar-refractivity contribution in [2.24, 2.45) is 0 Å². The quantitative estimate of drug-likeness (QED) is 0.800. The van der Waals surface area contributed by atoms with Gasteiger partial charge in [-0.1, -0.05) is 6.07 Å². The van der Waals surface area contributed by atoms with Crippen LogP contribution < -0.4 is 5.32 Å². The second kappa shape index (κ2) is 5.66. The van der Waals surface area contributed by atoms with Gasteiger partial charge in [-0.2, -0.15) is 0 Å². The van der Waals surface area contributed by atoms with Crippen molar-refractivity contribution in [3.8, 4) is 11.5 Å². The molecule has 6 heteroatoms. The average molecular weight is 285 g/mol. The highest BCUT2D eigenvalue weighted by atomic mass is 32.1. The molecule has 0 bridgehead atoms. The van der Waals surface area contributed by atoms with Crippen LogP contribution in [0.15, 0.2) is 52.7 Å². The van der Waals surface area contributed by atoms with Crippen LogP contribution in [0.4, 0.5) is 0 Å². The zero-order valence-electron chi connectivity index (χ0n) is 10.4. The monoisotopic (exact) mass is 285 g/mol. The van der Waals surface area contributed by atoms with Crippen molar-refractivity contribution in [2.45, 2.75) is 6.54 Å². The summed E-state index contributed by atoms with van der Waals surface area (Å²) in [5.41, 5.74) is 1.32. The molecule has 1 amide bonds.